The van der Waals surface area contributed by atoms with E-state index in [-0.39, 0.29) is 0 Å². The fourth-order valence-electron chi connectivity index (χ4n) is 3.90. The van der Waals surface area contributed by atoms with E-state index in [4.69, 9.17) is 16.1 Å². The van der Waals surface area contributed by atoms with Crippen molar-refractivity contribution < 1.29 is 0 Å². The average molecular weight is 345 g/mol. The van der Waals surface area contributed by atoms with E-state index in [2.05, 4.69) is 38.2 Å². The first-order chi connectivity index (χ1) is 12.6. The van der Waals surface area contributed by atoms with Crippen molar-refractivity contribution in [2.75, 3.05) is 5.73 Å². The van der Waals surface area contributed by atoms with Gasteiger partial charge in [0.05, 0.1) is 11.2 Å². The van der Waals surface area contributed by atoms with E-state index in [0.717, 1.165) is 40.6 Å². The minimum absolute atomic E-state index is 0.657. The number of allylic oxidation sites excluding steroid dienone is 6. The highest BCUT2D eigenvalue weighted by molar-refractivity contribution is 6.05. The first-order valence-corrected chi connectivity index (χ1v) is 9.32. The number of nitrogens with zero attached hydrogens (tertiary/aromatic N) is 1. The van der Waals surface area contributed by atoms with E-state index in [1.165, 1.54) is 35.8 Å². The average Bonchev–Trinajstić information content (AvgIpc) is 2.66. The summed E-state index contributed by atoms with van der Waals surface area (Å²) in [6, 6.07) is 3.86. The van der Waals surface area contributed by atoms with Crippen molar-refractivity contribution >= 4 is 28.4 Å². The van der Waals surface area contributed by atoms with Crippen LogP contribution in [-0.2, 0) is 12.8 Å². The smallest absolute Gasteiger partial charge is 0.0741 e. The van der Waals surface area contributed by atoms with Crippen LogP contribution >= 0.6 is 0 Å². The van der Waals surface area contributed by atoms with Gasteiger partial charge in [0, 0.05) is 22.9 Å². The zero-order valence-electron chi connectivity index (χ0n) is 15.9. The number of hydrogen-bond acceptors (Lipinski definition) is 3. The summed E-state index contributed by atoms with van der Waals surface area (Å²) >= 11 is 0. The number of aromatic nitrogens is 1. The van der Waals surface area contributed by atoms with Gasteiger partial charge >= 0.3 is 0 Å². The number of anilines is 1. The molecule has 0 bridgehead atoms. The number of nitrogen functional groups attached to an aromatic ring is 1. The summed E-state index contributed by atoms with van der Waals surface area (Å²) in [4.78, 5) is 5.03. The molecule has 3 rings (SSSR count). The second-order valence-electron chi connectivity index (χ2n) is 6.86. The molecule has 1 aromatic carbocycles. The van der Waals surface area contributed by atoms with E-state index >= 15 is 0 Å². The Labute approximate surface area is 155 Å². The Hall–Kier alpha value is -2.68. The quantitative estimate of drug-likeness (QED) is 0.429. The van der Waals surface area contributed by atoms with Crippen molar-refractivity contribution in [1.29, 1.82) is 5.41 Å². The van der Waals surface area contributed by atoms with Crippen molar-refractivity contribution in [3.05, 3.63) is 64.4 Å². The van der Waals surface area contributed by atoms with Crippen molar-refractivity contribution in [2.45, 2.75) is 46.5 Å². The number of nitrogens with one attached hydrogen (secondary N) is 1. The Kier molecular flexibility index (Phi) is 5.36. The third-order valence-corrected chi connectivity index (χ3v) is 5.09. The molecule has 0 fully saturated rings. The first kappa shape index (κ1) is 18.1. The number of benzene rings is 1. The summed E-state index contributed by atoms with van der Waals surface area (Å²) in [6.07, 6.45) is 14.3. The second-order valence-corrected chi connectivity index (χ2v) is 6.86. The molecule has 0 amide bonds. The van der Waals surface area contributed by atoms with Gasteiger partial charge in [0.15, 0.2) is 0 Å². The van der Waals surface area contributed by atoms with Crippen molar-refractivity contribution in [1.82, 2.24) is 4.98 Å². The summed E-state index contributed by atoms with van der Waals surface area (Å²) < 4.78 is 0. The van der Waals surface area contributed by atoms with Gasteiger partial charge < -0.3 is 11.1 Å². The van der Waals surface area contributed by atoms with Crippen LogP contribution in [0.3, 0.4) is 0 Å². The number of fused-ring (bicyclic) bond motifs is 3. The van der Waals surface area contributed by atoms with Gasteiger partial charge in [-0.3, -0.25) is 0 Å². The van der Waals surface area contributed by atoms with Gasteiger partial charge in [0.2, 0.25) is 0 Å². The highest BCUT2D eigenvalue weighted by Gasteiger charge is 2.21. The van der Waals surface area contributed by atoms with Crippen LogP contribution in [0.2, 0.25) is 0 Å². The molecule has 0 aliphatic heterocycles. The highest BCUT2D eigenvalue weighted by atomic mass is 14.7. The molecule has 26 heavy (non-hydrogen) atoms. The molecule has 3 nitrogen and oxygen atoms in total. The molecule has 134 valence electrons. The molecule has 2 aromatic rings. The van der Waals surface area contributed by atoms with E-state index < -0.39 is 0 Å². The Bertz CT molecular complexity index is 946. The van der Waals surface area contributed by atoms with Crippen LogP contribution in [0.5, 0.6) is 0 Å². The number of nitrogens with two attached hydrogens (primary N) is 1. The molecular weight excluding hydrogens is 318 g/mol. The maximum atomic E-state index is 7.84. The standard InChI is InChI=1S/C23H27N3/c1-4-8-15(3)13-16(5-2)23-18-10-7-6-9-17(18)22-19(14-24)20(25)11-12-21(22)26-23/h4-5,8,11-14,24H,6-7,9-10,25H2,1-3H3/b8-4-,15-13+,16-5+,24-14?. The number of rotatable bonds is 4. The lowest BCUT2D eigenvalue weighted by Gasteiger charge is -2.23. The van der Waals surface area contributed by atoms with Gasteiger partial charge in [-0.05, 0) is 75.3 Å². The lowest BCUT2D eigenvalue weighted by molar-refractivity contribution is 0.685. The molecule has 3 N–H and O–H groups in total. The maximum Gasteiger partial charge on any atom is 0.0741 e. The molecular formula is C23H27N3. The molecule has 0 saturated heterocycles. The monoisotopic (exact) mass is 345 g/mol. The van der Waals surface area contributed by atoms with Crippen LogP contribution in [0.4, 0.5) is 5.69 Å². The molecule has 0 unspecified atom stereocenters. The van der Waals surface area contributed by atoms with Gasteiger partial charge in [-0.1, -0.05) is 29.9 Å². The molecule has 1 heterocycles. The Balaban J connectivity index is 2.33. The topological polar surface area (TPSA) is 62.8 Å². The zero-order valence-corrected chi connectivity index (χ0v) is 15.9. The molecule has 3 heteroatoms. The third-order valence-electron chi connectivity index (χ3n) is 5.09. The van der Waals surface area contributed by atoms with Crippen LogP contribution in [0.15, 0.2) is 42.0 Å². The third kappa shape index (κ3) is 3.22. The van der Waals surface area contributed by atoms with Crippen LogP contribution in [0, 0.1) is 5.41 Å². The molecule has 0 atom stereocenters. The summed E-state index contributed by atoms with van der Waals surface area (Å²) in [5, 5.41) is 8.91. The van der Waals surface area contributed by atoms with Crippen molar-refractivity contribution in [3.63, 3.8) is 0 Å². The first-order valence-electron chi connectivity index (χ1n) is 9.32. The van der Waals surface area contributed by atoms with Crippen molar-refractivity contribution in [2.24, 2.45) is 0 Å². The van der Waals surface area contributed by atoms with Crippen LogP contribution in [0.25, 0.3) is 16.5 Å². The van der Waals surface area contributed by atoms with E-state index in [1.54, 1.807) is 0 Å². The van der Waals surface area contributed by atoms with Gasteiger partial charge in [-0.25, -0.2) is 4.98 Å². The largest absolute Gasteiger partial charge is 0.398 e. The predicted molar refractivity (Wildman–Crippen MR) is 113 cm³/mol. The predicted octanol–water partition coefficient (Wildman–Crippen LogP) is 5.62. The molecule has 0 saturated carbocycles. The van der Waals surface area contributed by atoms with Crippen molar-refractivity contribution in [3.8, 4) is 0 Å². The Morgan fingerprint density at radius 1 is 1.15 bits per heavy atom. The summed E-state index contributed by atoms with van der Waals surface area (Å²) in [5.41, 5.74) is 14.7. The molecule has 0 radical (unpaired) electrons. The highest BCUT2D eigenvalue weighted by Crippen LogP contribution is 2.36. The lowest BCUT2D eigenvalue weighted by atomic mass is 9.84. The second kappa shape index (κ2) is 7.69. The van der Waals surface area contributed by atoms with Crippen LogP contribution in [-0.4, -0.2) is 11.2 Å². The normalized spacial score (nSPS) is 15.5. The van der Waals surface area contributed by atoms with Crippen LogP contribution < -0.4 is 5.73 Å². The van der Waals surface area contributed by atoms with Gasteiger partial charge in [0.25, 0.3) is 0 Å². The van der Waals surface area contributed by atoms with E-state index in [0.29, 0.717) is 5.69 Å². The Morgan fingerprint density at radius 2 is 1.88 bits per heavy atom. The van der Waals surface area contributed by atoms with Gasteiger partial charge in [-0.15, -0.1) is 0 Å². The lowest BCUT2D eigenvalue weighted by Crippen LogP contribution is -2.11. The maximum absolute atomic E-state index is 7.84. The number of hydrogen-bond donors (Lipinski definition) is 2. The minimum Gasteiger partial charge on any atom is -0.398 e. The summed E-state index contributed by atoms with van der Waals surface area (Å²) in [7, 11) is 0. The fourth-order valence-corrected chi connectivity index (χ4v) is 3.90. The molecule has 0 spiro atoms. The summed E-state index contributed by atoms with van der Waals surface area (Å²) in [6.45, 7) is 6.22. The molecule has 1 aromatic heterocycles. The van der Waals surface area contributed by atoms with Gasteiger partial charge in [0.1, 0.15) is 0 Å². The van der Waals surface area contributed by atoms with E-state index in [1.807, 2.05) is 19.1 Å². The zero-order chi connectivity index (χ0) is 18.7. The minimum atomic E-state index is 0.657. The Morgan fingerprint density at radius 3 is 2.54 bits per heavy atom. The van der Waals surface area contributed by atoms with Crippen LogP contribution in [0.1, 0.15) is 56.0 Å². The SMILES string of the molecule is C\C=C/C(C)=C/C(=C\C)c1nc2ccc(N)c(C=N)c2c2c1CCCC2. The summed E-state index contributed by atoms with van der Waals surface area (Å²) in [5.74, 6) is 0. The fraction of sp³-hybridized carbons (Fsp3) is 0.304. The van der Waals surface area contributed by atoms with E-state index in [9.17, 15) is 0 Å². The molecule has 1 aliphatic rings. The number of aryl methyl sites for hydroxylation is 1. The van der Waals surface area contributed by atoms with Gasteiger partial charge in [-0.2, -0.15) is 0 Å². The molecule has 1 aliphatic carbocycles. The number of pyridine rings is 1.